The molecule has 0 spiro atoms. The van der Waals surface area contributed by atoms with E-state index in [4.69, 9.17) is 21.1 Å². The first-order valence-electron chi connectivity index (χ1n) is 7.90. The van der Waals surface area contributed by atoms with Gasteiger partial charge in [0.05, 0.1) is 12.5 Å². The Kier molecular flexibility index (Phi) is 7.29. The minimum atomic E-state index is -0.414. The molecule has 0 unspecified atom stereocenters. The third-order valence-electron chi connectivity index (χ3n) is 3.38. The van der Waals surface area contributed by atoms with Gasteiger partial charge in [-0.15, -0.1) is 0 Å². The number of esters is 1. The molecule has 6 heteroatoms. The summed E-state index contributed by atoms with van der Waals surface area (Å²) in [6, 6.07) is 15.8. The molecule has 1 atom stereocenters. The summed E-state index contributed by atoms with van der Waals surface area (Å²) < 4.78 is 10.6. The van der Waals surface area contributed by atoms with Crippen molar-refractivity contribution in [3.8, 4) is 5.75 Å². The summed E-state index contributed by atoms with van der Waals surface area (Å²) >= 11 is 5.79. The van der Waals surface area contributed by atoms with Gasteiger partial charge in [0.25, 0.3) is 0 Å². The van der Waals surface area contributed by atoms with Crippen molar-refractivity contribution < 1.29 is 19.1 Å². The minimum absolute atomic E-state index is 0.0601. The van der Waals surface area contributed by atoms with Crippen LogP contribution in [-0.4, -0.2) is 25.1 Å². The Bertz CT molecular complexity index is 688. The third kappa shape index (κ3) is 6.85. The summed E-state index contributed by atoms with van der Waals surface area (Å²) in [5, 5.41) is 3.39. The lowest BCUT2D eigenvalue weighted by molar-refractivity contribution is -0.145. The van der Waals surface area contributed by atoms with Crippen molar-refractivity contribution in [1.29, 1.82) is 0 Å². The summed E-state index contributed by atoms with van der Waals surface area (Å²) in [4.78, 5) is 23.4. The first kappa shape index (κ1) is 18.8. The predicted molar refractivity (Wildman–Crippen MR) is 95.5 cm³/mol. The third-order valence-corrected chi connectivity index (χ3v) is 3.63. The van der Waals surface area contributed by atoms with Crippen molar-refractivity contribution in [2.75, 3.05) is 13.2 Å². The van der Waals surface area contributed by atoms with E-state index in [0.717, 1.165) is 5.56 Å². The number of rotatable bonds is 8. The molecule has 0 heterocycles. The molecule has 2 aromatic rings. The molecule has 0 aliphatic heterocycles. The van der Waals surface area contributed by atoms with Crippen LogP contribution in [0.15, 0.2) is 54.6 Å². The highest BCUT2D eigenvalue weighted by Crippen LogP contribution is 2.17. The molecule has 0 bridgehead atoms. The number of halogens is 1. The topological polar surface area (TPSA) is 64.6 Å². The Balaban J connectivity index is 1.78. The average Bonchev–Trinajstić information content (AvgIpc) is 2.60. The van der Waals surface area contributed by atoms with Gasteiger partial charge in [0, 0.05) is 11.9 Å². The number of hydrogen-bond acceptors (Lipinski definition) is 4. The van der Waals surface area contributed by atoms with Gasteiger partial charge in [0.1, 0.15) is 19.0 Å². The predicted octanol–water partition coefficient (Wildman–Crippen LogP) is 3.53. The molecule has 0 saturated carbocycles. The van der Waals surface area contributed by atoms with Crippen LogP contribution in [-0.2, 0) is 14.3 Å². The van der Waals surface area contributed by atoms with Gasteiger partial charge in [-0.25, -0.2) is 0 Å². The van der Waals surface area contributed by atoms with Gasteiger partial charge in [0.15, 0.2) is 0 Å². The van der Waals surface area contributed by atoms with Crippen LogP contribution in [0.2, 0.25) is 5.02 Å². The second-order valence-electron chi connectivity index (χ2n) is 5.39. The maximum absolute atomic E-state index is 12.0. The molecular formula is C19H20ClNO4. The summed E-state index contributed by atoms with van der Waals surface area (Å²) in [6.45, 7) is 1.79. The largest absolute Gasteiger partial charge is 0.490 e. The van der Waals surface area contributed by atoms with Gasteiger partial charge in [0.2, 0.25) is 5.91 Å². The summed E-state index contributed by atoms with van der Waals surface area (Å²) in [5.41, 5.74) is 0.854. The Labute approximate surface area is 151 Å². The van der Waals surface area contributed by atoms with E-state index in [2.05, 4.69) is 5.32 Å². The molecule has 2 aromatic carbocycles. The Morgan fingerprint density at radius 2 is 1.72 bits per heavy atom. The number of hydrogen-bond donors (Lipinski definition) is 1. The first-order valence-corrected chi connectivity index (χ1v) is 8.28. The van der Waals surface area contributed by atoms with Crippen molar-refractivity contribution >= 4 is 23.5 Å². The molecule has 0 aliphatic rings. The van der Waals surface area contributed by atoms with Crippen LogP contribution in [0.1, 0.15) is 24.9 Å². The van der Waals surface area contributed by atoms with Crippen LogP contribution in [0, 0.1) is 0 Å². The van der Waals surface area contributed by atoms with E-state index in [1.807, 2.05) is 30.3 Å². The molecule has 0 aliphatic carbocycles. The van der Waals surface area contributed by atoms with Crippen LogP contribution in [0.25, 0.3) is 0 Å². The zero-order valence-corrected chi connectivity index (χ0v) is 14.7. The molecule has 1 N–H and O–H groups in total. The zero-order valence-electron chi connectivity index (χ0n) is 13.9. The maximum atomic E-state index is 12.0. The molecule has 0 saturated heterocycles. The smallest absolute Gasteiger partial charge is 0.308 e. The first-order chi connectivity index (χ1) is 12.0. The van der Waals surface area contributed by atoms with Crippen molar-refractivity contribution in [3.63, 3.8) is 0 Å². The van der Waals surface area contributed by atoms with Gasteiger partial charge >= 0.3 is 5.97 Å². The van der Waals surface area contributed by atoms with Crippen molar-refractivity contribution in [2.45, 2.75) is 19.4 Å². The number of carbonyl (C=O) groups is 2. The van der Waals surface area contributed by atoms with E-state index >= 15 is 0 Å². The monoisotopic (exact) mass is 361 g/mol. The Hall–Kier alpha value is -2.53. The fraction of sp³-hybridized carbons (Fsp3) is 0.263. The molecule has 2 rings (SSSR count). The molecule has 0 aromatic heterocycles. The van der Waals surface area contributed by atoms with Crippen LogP contribution in [0.3, 0.4) is 0 Å². The molecular weight excluding hydrogens is 342 g/mol. The normalized spacial score (nSPS) is 11.4. The minimum Gasteiger partial charge on any atom is -0.490 e. The fourth-order valence-electron chi connectivity index (χ4n) is 2.25. The van der Waals surface area contributed by atoms with Crippen LogP contribution in [0.4, 0.5) is 0 Å². The molecule has 5 nitrogen and oxygen atoms in total. The van der Waals surface area contributed by atoms with Crippen LogP contribution < -0.4 is 10.1 Å². The van der Waals surface area contributed by atoms with E-state index in [0.29, 0.717) is 10.8 Å². The number of ether oxygens (including phenoxy) is 2. The summed E-state index contributed by atoms with van der Waals surface area (Å²) in [7, 11) is 0. The highest BCUT2D eigenvalue weighted by atomic mass is 35.5. The summed E-state index contributed by atoms with van der Waals surface area (Å²) in [6.07, 6.45) is 0.0601. The van der Waals surface area contributed by atoms with Crippen molar-refractivity contribution in [1.82, 2.24) is 5.32 Å². The van der Waals surface area contributed by atoms with Crippen LogP contribution in [0.5, 0.6) is 5.75 Å². The number of benzene rings is 2. The SMILES string of the molecule is CC(=O)N[C@H](CC(=O)OCCOc1ccc(Cl)cc1)c1ccccc1. The van der Waals surface area contributed by atoms with Gasteiger partial charge in [-0.3, -0.25) is 9.59 Å². The molecule has 132 valence electrons. The lowest BCUT2D eigenvalue weighted by Crippen LogP contribution is -2.28. The molecule has 0 fully saturated rings. The summed E-state index contributed by atoms with van der Waals surface area (Å²) in [5.74, 6) is 0.0518. The van der Waals surface area contributed by atoms with Crippen molar-refractivity contribution in [3.05, 3.63) is 65.2 Å². The van der Waals surface area contributed by atoms with Gasteiger partial charge in [-0.05, 0) is 29.8 Å². The van der Waals surface area contributed by atoms with Gasteiger partial charge < -0.3 is 14.8 Å². The maximum Gasteiger partial charge on any atom is 0.308 e. The van der Waals surface area contributed by atoms with E-state index in [9.17, 15) is 9.59 Å². The second kappa shape index (κ2) is 9.69. The lowest BCUT2D eigenvalue weighted by atomic mass is 10.0. The van der Waals surface area contributed by atoms with Crippen LogP contribution >= 0.6 is 11.6 Å². The molecule has 1 amide bonds. The average molecular weight is 362 g/mol. The Morgan fingerprint density at radius 3 is 2.36 bits per heavy atom. The number of amides is 1. The number of nitrogens with one attached hydrogen (secondary N) is 1. The quantitative estimate of drug-likeness (QED) is 0.577. The van der Waals surface area contributed by atoms with E-state index < -0.39 is 12.0 Å². The van der Waals surface area contributed by atoms with Gasteiger partial charge in [-0.2, -0.15) is 0 Å². The molecule has 25 heavy (non-hydrogen) atoms. The van der Waals surface area contributed by atoms with E-state index in [1.165, 1.54) is 6.92 Å². The Morgan fingerprint density at radius 1 is 1.04 bits per heavy atom. The standard InChI is InChI=1S/C19H20ClNO4/c1-14(22)21-18(15-5-3-2-4-6-15)13-19(23)25-12-11-24-17-9-7-16(20)8-10-17/h2-10,18H,11-13H2,1H3,(H,21,22)/t18-/m1/s1. The van der Waals surface area contributed by atoms with Gasteiger partial charge in [-0.1, -0.05) is 41.9 Å². The lowest BCUT2D eigenvalue weighted by Gasteiger charge is -2.17. The zero-order chi connectivity index (χ0) is 18.1. The van der Waals surface area contributed by atoms with E-state index in [1.54, 1.807) is 24.3 Å². The number of carbonyl (C=O) groups excluding carboxylic acids is 2. The van der Waals surface area contributed by atoms with E-state index in [-0.39, 0.29) is 25.5 Å². The second-order valence-corrected chi connectivity index (χ2v) is 5.83. The highest BCUT2D eigenvalue weighted by Gasteiger charge is 2.17. The highest BCUT2D eigenvalue weighted by molar-refractivity contribution is 6.30. The van der Waals surface area contributed by atoms with Crippen molar-refractivity contribution in [2.24, 2.45) is 0 Å². The fourth-order valence-corrected chi connectivity index (χ4v) is 2.38. The molecule has 0 radical (unpaired) electrons.